The van der Waals surface area contributed by atoms with Crippen LogP contribution < -0.4 is 15.8 Å². The highest BCUT2D eigenvalue weighted by Gasteiger charge is 2.41. The van der Waals surface area contributed by atoms with Crippen LogP contribution in [-0.4, -0.2) is 24.6 Å². The van der Waals surface area contributed by atoms with Gasteiger partial charge in [0.15, 0.2) is 6.61 Å². The van der Waals surface area contributed by atoms with Gasteiger partial charge in [0.2, 0.25) is 0 Å². The van der Waals surface area contributed by atoms with Crippen LogP contribution in [0, 0.1) is 11.7 Å². The van der Waals surface area contributed by atoms with Gasteiger partial charge >= 0.3 is 0 Å². The number of halogens is 3. The number of nitrogens with two attached hydrogens (primary N) is 1. The second kappa shape index (κ2) is 7.29. The lowest BCUT2D eigenvalue weighted by atomic mass is 9.96. The fourth-order valence-electron chi connectivity index (χ4n) is 2.13. The van der Waals surface area contributed by atoms with Crippen LogP contribution in [0.2, 0.25) is 5.02 Å². The molecule has 1 amide bonds. The number of hydrogen-bond acceptors (Lipinski definition) is 3. The normalized spacial score (nSPS) is 16.6. The van der Waals surface area contributed by atoms with Crippen molar-refractivity contribution in [3.05, 3.63) is 29.0 Å². The molecular formula is C14H19Cl2FN2O2. The standard InChI is InChI=1S/C14H18ClFN2O2.ClH/c1-14(8-17,9-2-3-9)18-13(19)7-20-12-5-4-10(16)6-11(12)15;/h4-6,9H,2-3,7-8,17H2,1H3,(H,18,19);1H. The molecule has 1 saturated carbocycles. The summed E-state index contributed by atoms with van der Waals surface area (Å²) >= 11 is 5.82. The Morgan fingerprint density at radius 1 is 1.57 bits per heavy atom. The van der Waals surface area contributed by atoms with Gasteiger partial charge < -0.3 is 15.8 Å². The Bertz CT molecular complexity index is 512. The SMILES string of the molecule is CC(CN)(NC(=O)COc1ccc(F)cc1Cl)C1CC1.Cl. The molecule has 0 aliphatic heterocycles. The van der Waals surface area contributed by atoms with Crippen molar-refractivity contribution in [2.75, 3.05) is 13.2 Å². The van der Waals surface area contributed by atoms with Crippen LogP contribution in [0.4, 0.5) is 4.39 Å². The number of carbonyl (C=O) groups is 1. The Hall–Kier alpha value is -1.04. The highest BCUT2D eigenvalue weighted by Crippen LogP contribution is 2.38. The molecule has 4 nitrogen and oxygen atoms in total. The van der Waals surface area contributed by atoms with E-state index in [-0.39, 0.29) is 41.2 Å². The van der Waals surface area contributed by atoms with E-state index in [1.807, 2.05) is 6.92 Å². The van der Waals surface area contributed by atoms with E-state index >= 15 is 0 Å². The first-order chi connectivity index (χ1) is 9.44. The van der Waals surface area contributed by atoms with Crippen molar-refractivity contribution < 1.29 is 13.9 Å². The highest BCUT2D eigenvalue weighted by atomic mass is 35.5. The molecule has 1 fully saturated rings. The maximum Gasteiger partial charge on any atom is 0.258 e. The summed E-state index contributed by atoms with van der Waals surface area (Å²) in [6.45, 7) is 2.15. The van der Waals surface area contributed by atoms with E-state index in [4.69, 9.17) is 22.1 Å². The molecule has 3 N–H and O–H groups in total. The molecule has 1 aliphatic carbocycles. The van der Waals surface area contributed by atoms with Crippen LogP contribution in [0.15, 0.2) is 18.2 Å². The zero-order valence-corrected chi connectivity index (χ0v) is 13.3. The molecule has 21 heavy (non-hydrogen) atoms. The van der Waals surface area contributed by atoms with Gasteiger partial charge in [0.25, 0.3) is 5.91 Å². The van der Waals surface area contributed by atoms with Gasteiger partial charge in [-0.05, 0) is 43.9 Å². The predicted octanol–water partition coefficient (Wildman–Crippen LogP) is 2.52. The van der Waals surface area contributed by atoms with Crippen molar-refractivity contribution >= 4 is 29.9 Å². The average molecular weight is 337 g/mol. The number of amides is 1. The van der Waals surface area contributed by atoms with Crippen molar-refractivity contribution in [2.45, 2.75) is 25.3 Å². The Kier molecular flexibility index (Phi) is 6.25. The summed E-state index contributed by atoms with van der Waals surface area (Å²) in [4.78, 5) is 11.9. The first-order valence-electron chi connectivity index (χ1n) is 6.53. The van der Waals surface area contributed by atoms with Crippen molar-refractivity contribution in [1.82, 2.24) is 5.32 Å². The molecule has 0 bridgehead atoms. The zero-order chi connectivity index (χ0) is 14.8. The minimum absolute atomic E-state index is 0. The molecule has 0 saturated heterocycles. The van der Waals surface area contributed by atoms with Gasteiger partial charge in [0, 0.05) is 6.54 Å². The zero-order valence-electron chi connectivity index (χ0n) is 11.7. The molecule has 2 rings (SSSR count). The average Bonchev–Trinajstić information content (AvgIpc) is 3.22. The van der Waals surface area contributed by atoms with E-state index in [1.165, 1.54) is 12.1 Å². The van der Waals surface area contributed by atoms with E-state index in [0.717, 1.165) is 18.9 Å². The van der Waals surface area contributed by atoms with E-state index in [0.29, 0.717) is 12.5 Å². The lowest BCUT2D eigenvalue weighted by Crippen LogP contribution is -2.54. The number of nitrogens with one attached hydrogen (secondary N) is 1. The third kappa shape index (κ3) is 4.73. The molecule has 118 valence electrons. The lowest BCUT2D eigenvalue weighted by Gasteiger charge is -2.29. The number of ether oxygens (including phenoxy) is 1. The second-order valence-corrected chi connectivity index (χ2v) is 5.71. The number of rotatable bonds is 6. The number of benzene rings is 1. The Balaban J connectivity index is 0.00000220. The van der Waals surface area contributed by atoms with Crippen molar-refractivity contribution in [1.29, 1.82) is 0 Å². The third-order valence-corrected chi connectivity index (χ3v) is 3.88. The van der Waals surface area contributed by atoms with Crippen LogP contribution in [-0.2, 0) is 4.79 Å². The van der Waals surface area contributed by atoms with E-state index < -0.39 is 5.82 Å². The number of hydrogen-bond donors (Lipinski definition) is 2. The summed E-state index contributed by atoms with van der Waals surface area (Å²) in [6.07, 6.45) is 2.16. The van der Waals surface area contributed by atoms with Crippen molar-refractivity contribution in [3.63, 3.8) is 0 Å². The lowest BCUT2D eigenvalue weighted by molar-refractivity contribution is -0.125. The second-order valence-electron chi connectivity index (χ2n) is 5.31. The molecule has 0 aromatic heterocycles. The fourth-order valence-corrected chi connectivity index (χ4v) is 2.35. The molecule has 0 spiro atoms. The maximum absolute atomic E-state index is 12.9. The Labute approximate surface area is 134 Å². The number of carbonyl (C=O) groups excluding carboxylic acids is 1. The van der Waals surface area contributed by atoms with Gasteiger partial charge in [-0.2, -0.15) is 0 Å². The molecular weight excluding hydrogens is 318 g/mol. The fraction of sp³-hybridized carbons (Fsp3) is 0.500. The quantitative estimate of drug-likeness (QED) is 0.838. The van der Waals surface area contributed by atoms with Gasteiger partial charge in [0.1, 0.15) is 11.6 Å². The Morgan fingerprint density at radius 3 is 2.76 bits per heavy atom. The van der Waals surface area contributed by atoms with Gasteiger partial charge in [-0.25, -0.2) is 4.39 Å². The van der Waals surface area contributed by atoms with Crippen LogP contribution in [0.5, 0.6) is 5.75 Å². The van der Waals surface area contributed by atoms with Gasteiger partial charge in [0.05, 0.1) is 10.6 Å². The summed E-state index contributed by atoms with van der Waals surface area (Å²) in [7, 11) is 0. The molecule has 1 atom stereocenters. The predicted molar refractivity (Wildman–Crippen MR) is 82.5 cm³/mol. The van der Waals surface area contributed by atoms with E-state index in [9.17, 15) is 9.18 Å². The minimum Gasteiger partial charge on any atom is -0.482 e. The molecule has 1 aromatic rings. The summed E-state index contributed by atoms with van der Waals surface area (Å²) in [5, 5.41) is 3.04. The van der Waals surface area contributed by atoms with Crippen LogP contribution in [0.3, 0.4) is 0 Å². The third-order valence-electron chi connectivity index (χ3n) is 3.58. The molecule has 1 unspecified atom stereocenters. The van der Waals surface area contributed by atoms with Gasteiger partial charge in [-0.1, -0.05) is 11.6 Å². The van der Waals surface area contributed by atoms with E-state index in [2.05, 4.69) is 5.32 Å². The van der Waals surface area contributed by atoms with Gasteiger partial charge in [-0.3, -0.25) is 4.79 Å². The summed E-state index contributed by atoms with van der Waals surface area (Å²) < 4.78 is 18.2. The maximum atomic E-state index is 12.9. The van der Waals surface area contributed by atoms with Crippen LogP contribution in [0.25, 0.3) is 0 Å². The van der Waals surface area contributed by atoms with Gasteiger partial charge in [-0.15, -0.1) is 12.4 Å². The molecule has 1 aliphatic rings. The van der Waals surface area contributed by atoms with Crippen molar-refractivity contribution in [2.24, 2.45) is 11.7 Å². The van der Waals surface area contributed by atoms with Crippen LogP contribution >= 0.6 is 24.0 Å². The summed E-state index contributed by atoms with van der Waals surface area (Å²) in [5.74, 6) is 0.0106. The molecule has 0 radical (unpaired) electrons. The highest BCUT2D eigenvalue weighted by molar-refractivity contribution is 6.32. The topological polar surface area (TPSA) is 64.3 Å². The first kappa shape index (κ1) is 18.0. The summed E-state index contributed by atoms with van der Waals surface area (Å²) in [5.41, 5.74) is 5.34. The van der Waals surface area contributed by atoms with Crippen molar-refractivity contribution in [3.8, 4) is 5.75 Å². The van der Waals surface area contributed by atoms with Crippen LogP contribution in [0.1, 0.15) is 19.8 Å². The first-order valence-corrected chi connectivity index (χ1v) is 6.91. The largest absolute Gasteiger partial charge is 0.482 e. The molecule has 0 heterocycles. The van der Waals surface area contributed by atoms with E-state index in [1.54, 1.807) is 0 Å². The monoisotopic (exact) mass is 336 g/mol. The molecule has 7 heteroatoms. The minimum atomic E-state index is -0.448. The Morgan fingerprint density at radius 2 is 2.24 bits per heavy atom. The summed E-state index contributed by atoms with van der Waals surface area (Å²) in [6, 6.07) is 3.77. The smallest absolute Gasteiger partial charge is 0.258 e. The molecule has 1 aromatic carbocycles.